The van der Waals surface area contributed by atoms with Gasteiger partial charge in [0.05, 0.1) is 6.61 Å². The second-order valence-electron chi connectivity index (χ2n) is 5.84. The van der Waals surface area contributed by atoms with E-state index in [4.69, 9.17) is 10.5 Å². The molecular formula is C16H27ClN4O2. The molecule has 0 aliphatic carbocycles. The largest absolute Gasteiger partial charge is 0.383 e. The number of carbonyl (C=O) groups is 1. The van der Waals surface area contributed by atoms with Crippen LogP contribution in [0, 0.1) is 0 Å². The predicted octanol–water partition coefficient (Wildman–Crippen LogP) is 1.12. The number of rotatable bonds is 6. The van der Waals surface area contributed by atoms with Crippen molar-refractivity contribution in [3.8, 4) is 0 Å². The van der Waals surface area contributed by atoms with Gasteiger partial charge in [0.25, 0.3) is 0 Å². The summed E-state index contributed by atoms with van der Waals surface area (Å²) in [6.45, 7) is 4.40. The lowest BCUT2D eigenvalue weighted by Crippen LogP contribution is -2.51. The normalized spacial score (nSPS) is 18.7. The molecule has 0 aromatic carbocycles. The summed E-state index contributed by atoms with van der Waals surface area (Å²) in [7, 11) is 1.55. The van der Waals surface area contributed by atoms with Crippen LogP contribution in [0.15, 0.2) is 24.5 Å². The number of piperidine rings is 1. The molecule has 6 nitrogen and oxygen atoms in total. The van der Waals surface area contributed by atoms with Crippen molar-refractivity contribution < 1.29 is 9.53 Å². The molecular weight excluding hydrogens is 316 g/mol. The molecule has 1 fully saturated rings. The lowest BCUT2D eigenvalue weighted by molar-refractivity contribution is -0.124. The summed E-state index contributed by atoms with van der Waals surface area (Å²) >= 11 is 0. The molecule has 2 unspecified atom stereocenters. The zero-order valence-electron chi connectivity index (χ0n) is 13.8. The fraction of sp³-hybridized carbons (Fsp3) is 0.625. The highest BCUT2D eigenvalue weighted by Gasteiger charge is 2.25. The third kappa shape index (κ3) is 5.73. The highest BCUT2D eigenvalue weighted by molar-refractivity contribution is 5.85. The van der Waals surface area contributed by atoms with E-state index in [-0.39, 0.29) is 31.0 Å². The monoisotopic (exact) mass is 342 g/mol. The van der Waals surface area contributed by atoms with E-state index in [1.807, 2.05) is 12.4 Å². The molecule has 2 rings (SSSR count). The maximum Gasteiger partial charge on any atom is 0.239 e. The summed E-state index contributed by atoms with van der Waals surface area (Å²) in [6.07, 6.45) is 5.55. The van der Waals surface area contributed by atoms with E-state index in [2.05, 4.69) is 34.3 Å². The number of nitrogens with two attached hydrogens (primary N) is 1. The van der Waals surface area contributed by atoms with Gasteiger partial charge in [0.15, 0.2) is 0 Å². The minimum absolute atomic E-state index is 0. The van der Waals surface area contributed by atoms with E-state index in [1.54, 1.807) is 7.11 Å². The first-order valence-corrected chi connectivity index (χ1v) is 7.80. The van der Waals surface area contributed by atoms with Gasteiger partial charge in [-0.2, -0.15) is 0 Å². The van der Waals surface area contributed by atoms with Gasteiger partial charge in [0.2, 0.25) is 5.91 Å². The molecule has 7 heteroatoms. The topological polar surface area (TPSA) is 80.5 Å². The third-order valence-electron chi connectivity index (χ3n) is 4.30. The van der Waals surface area contributed by atoms with Crippen LogP contribution in [0.4, 0.5) is 0 Å². The van der Waals surface area contributed by atoms with E-state index in [0.29, 0.717) is 6.04 Å². The summed E-state index contributed by atoms with van der Waals surface area (Å²) < 4.78 is 4.91. The molecule has 1 aromatic rings. The average molecular weight is 343 g/mol. The Hall–Kier alpha value is -1.21. The van der Waals surface area contributed by atoms with Crippen molar-refractivity contribution in [3.05, 3.63) is 30.1 Å². The Kier molecular flexibility index (Phi) is 8.47. The van der Waals surface area contributed by atoms with Crippen LogP contribution in [0.5, 0.6) is 0 Å². The Morgan fingerprint density at radius 2 is 2.04 bits per heavy atom. The summed E-state index contributed by atoms with van der Waals surface area (Å²) in [4.78, 5) is 18.4. The van der Waals surface area contributed by atoms with Crippen LogP contribution < -0.4 is 11.1 Å². The number of methoxy groups -OCH3 is 1. The number of ether oxygens (including phenoxy) is 1. The summed E-state index contributed by atoms with van der Waals surface area (Å²) in [6, 6.07) is 4.11. The SMILES string of the molecule is COCC(N)C(=O)NC1CCN(C(C)c2ccncc2)CC1.Cl. The van der Waals surface area contributed by atoms with Gasteiger partial charge in [-0.05, 0) is 37.5 Å². The number of hydrogen-bond acceptors (Lipinski definition) is 5. The molecule has 1 amide bonds. The van der Waals surface area contributed by atoms with Gasteiger partial charge in [-0.3, -0.25) is 14.7 Å². The molecule has 1 aliphatic heterocycles. The molecule has 0 radical (unpaired) electrons. The molecule has 2 heterocycles. The zero-order valence-corrected chi connectivity index (χ0v) is 14.6. The Morgan fingerprint density at radius 3 is 2.61 bits per heavy atom. The van der Waals surface area contributed by atoms with E-state index in [9.17, 15) is 4.79 Å². The Labute approximate surface area is 144 Å². The van der Waals surface area contributed by atoms with Gasteiger partial charge < -0.3 is 15.8 Å². The Morgan fingerprint density at radius 1 is 1.43 bits per heavy atom. The van der Waals surface area contributed by atoms with Crippen LogP contribution in [-0.4, -0.2) is 54.7 Å². The van der Waals surface area contributed by atoms with E-state index < -0.39 is 6.04 Å². The van der Waals surface area contributed by atoms with E-state index >= 15 is 0 Å². The minimum atomic E-state index is -0.584. The van der Waals surface area contributed by atoms with Crippen molar-refractivity contribution in [2.75, 3.05) is 26.8 Å². The average Bonchev–Trinajstić information content (AvgIpc) is 2.56. The van der Waals surface area contributed by atoms with Crippen LogP contribution in [0.25, 0.3) is 0 Å². The highest BCUT2D eigenvalue weighted by atomic mass is 35.5. The van der Waals surface area contributed by atoms with Gasteiger partial charge in [-0.25, -0.2) is 0 Å². The van der Waals surface area contributed by atoms with Crippen molar-refractivity contribution in [2.45, 2.75) is 37.9 Å². The Bertz CT molecular complexity index is 466. The van der Waals surface area contributed by atoms with Crippen molar-refractivity contribution in [1.29, 1.82) is 0 Å². The number of carbonyl (C=O) groups excluding carboxylic acids is 1. The molecule has 0 bridgehead atoms. The quantitative estimate of drug-likeness (QED) is 0.809. The smallest absolute Gasteiger partial charge is 0.239 e. The second-order valence-corrected chi connectivity index (χ2v) is 5.84. The van der Waals surface area contributed by atoms with Gasteiger partial charge >= 0.3 is 0 Å². The van der Waals surface area contributed by atoms with Crippen molar-refractivity contribution in [3.63, 3.8) is 0 Å². The first-order valence-electron chi connectivity index (χ1n) is 7.80. The number of nitrogens with one attached hydrogen (secondary N) is 1. The second kappa shape index (κ2) is 9.82. The van der Waals surface area contributed by atoms with Crippen LogP contribution >= 0.6 is 12.4 Å². The van der Waals surface area contributed by atoms with E-state index in [0.717, 1.165) is 25.9 Å². The third-order valence-corrected chi connectivity index (χ3v) is 4.30. The number of pyridine rings is 1. The number of amides is 1. The van der Waals surface area contributed by atoms with Gasteiger partial charge in [-0.15, -0.1) is 12.4 Å². The molecule has 1 aliphatic rings. The number of likely N-dealkylation sites (tertiary alicyclic amines) is 1. The lowest BCUT2D eigenvalue weighted by atomic mass is 10.0. The molecule has 23 heavy (non-hydrogen) atoms. The number of halogens is 1. The summed E-state index contributed by atoms with van der Waals surface area (Å²) in [5.41, 5.74) is 7.02. The lowest BCUT2D eigenvalue weighted by Gasteiger charge is -2.36. The first kappa shape index (κ1) is 19.8. The number of nitrogens with zero attached hydrogens (tertiary/aromatic N) is 2. The van der Waals surface area contributed by atoms with Gasteiger partial charge in [0.1, 0.15) is 6.04 Å². The number of hydrogen-bond donors (Lipinski definition) is 2. The molecule has 0 spiro atoms. The molecule has 1 aromatic heterocycles. The van der Waals surface area contributed by atoms with Gasteiger partial charge in [0, 0.05) is 44.7 Å². The predicted molar refractivity (Wildman–Crippen MR) is 92.5 cm³/mol. The fourth-order valence-electron chi connectivity index (χ4n) is 2.85. The van der Waals surface area contributed by atoms with Crippen molar-refractivity contribution in [2.24, 2.45) is 5.73 Å². The molecule has 130 valence electrons. The molecule has 1 saturated heterocycles. The van der Waals surface area contributed by atoms with Crippen LogP contribution in [-0.2, 0) is 9.53 Å². The number of aromatic nitrogens is 1. The van der Waals surface area contributed by atoms with Crippen LogP contribution in [0.1, 0.15) is 31.4 Å². The fourth-order valence-corrected chi connectivity index (χ4v) is 2.85. The molecule has 2 atom stereocenters. The standard InChI is InChI=1S/C16H26N4O2.ClH/c1-12(13-3-7-18-8-4-13)20-9-5-14(6-10-20)19-16(21)15(17)11-22-2;/h3-4,7-8,12,14-15H,5-6,9-11,17H2,1-2H3,(H,19,21);1H. The van der Waals surface area contributed by atoms with E-state index in [1.165, 1.54) is 5.56 Å². The van der Waals surface area contributed by atoms with Crippen LogP contribution in [0.3, 0.4) is 0 Å². The first-order chi connectivity index (χ1) is 10.6. The molecule has 0 saturated carbocycles. The minimum Gasteiger partial charge on any atom is -0.383 e. The molecule has 3 N–H and O–H groups in total. The summed E-state index contributed by atoms with van der Waals surface area (Å²) in [5, 5.41) is 3.02. The van der Waals surface area contributed by atoms with Gasteiger partial charge in [-0.1, -0.05) is 0 Å². The summed E-state index contributed by atoms with van der Waals surface area (Å²) in [5.74, 6) is -0.123. The van der Waals surface area contributed by atoms with Crippen molar-refractivity contribution in [1.82, 2.24) is 15.2 Å². The van der Waals surface area contributed by atoms with Crippen molar-refractivity contribution >= 4 is 18.3 Å². The zero-order chi connectivity index (χ0) is 15.9. The van der Waals surface area contributed by atoms with Crippen LogP contribution in [0.2, 0.25) is 0 Å². The highest BCUT2D eigenvalue weighted by Crippen LogP contribution is 2.23. The maximum absolute atomic E-state index is 11.9. The maximum atomic E-state index is 11.9. The Balaban J connectivity index is 0.00000264.